The van der Waals surface area contributed by atoms with Crippen LogP contribution in [0.15, 0.2) is 72.8 Å². The SMILES string of the molecule is CN(CCCc1ccc(CNC(=O)OC(C)(C)C)cc1)CCNC(=O)OCC1c2ccccc2-c2ccccc21. The van der Waals surface area contributed by atoms with Crippen LogP contribution < -0.4 is 10.6 Å². The van der Waals surface area contributed by atoms with Gasteiger partial charge in [0, 0.05) is 25.6 Å². The van der Waals surface area contributed by atoms with Gasteiger partial charge in [-0.2, -0.15) is 0 Å². The maximum absolute atomic E-state index is 12.4. The molecule has 0 aliphatic heterocycles. The summed E-state index contributed by atoms with van der Waals surface area (Å²) in [5.74, 6) is 0.0659. The molecule has 0 aromatic heterocycles. The number of benzene rings is 3. The minimum absolute atomic E-state index is 0.0659. The van der Waals surface area contributed by atoms with Crippen molar-refractivity contribution in [2.24, 2.45) is 0 Å². The van der Waals surface area contributed by atoms with Gasteiger partial charge in [0.25, 0.3) is 0 Å². The van der Waals surface area contributed by atoms with Crippen molar-refractivity contribution in [3.8, 4) is 11.1 Å². The fourth-order valence-corrected chi connectivity index (χ4v) is 4.98. The number of nitrogens with one attached hydrogen (secondary N) is 2. The monoisotopic (exact) mass is 543 g/mol. The molecular formula is C33H41N3O4. The molecule has 3 aromatic carbocycles. The topological polar surface area (TPSA) is 79.9 Å². The van der Waals surface area contributed by atoms with E-state index in [1.807, 2.05) is 57.2 Å². The van der Waals surface area contributed by atoms with E-state index >= 15 is 0 Å². The summed E-state index contributed by atoms with van der Waals surface area (Å²) in [6.45, 7) is 8.51. The third-order valence-corrected chi connectivity index (χ3v) is 6.97. The van der Waals surface area contributed by atoms with Crippen molar-refractivity contribution in [3.05, 3.63) is 95.1 Å². The summed E-state index contributed by atoms with van der Waals surface area (Å²) >= 11 is 0. The van der Waals surface area contributed by atoms with E-state index in [-0.39, 0.29) is 12.0 Å². The Labute approximate surface area is 237 Å². The van der Waals surface area contributed by atoms with Crippen LogP contribution in [0.1, 0.15) is 55.4 Å². The number of carbonyl (C=O) groups excluding carboxylic acids is 2. The van der Waals surface area contributed by atoms with Crippen LogP contribution in [0.4, 0.5) is 9.59 Å². The van der Waals surface area contributed by atoms with Gasteiger partial charge in [0.1, 0.15) is 12.2 Å². The zero-order valence-electron chi connectivity index (χ0n) is 24.0. The zero-order valence-corrected chi connectivity index (χ0v) is 24.0. The molecule has 0 fully saturated rings. The standard InChI is InChI=1S/C33H41N3O4/c1-33(2,3)40-32(38)35-22-25-17-15-24(16-18-25)10-9-20-36(4)21-19-34-31(37)39-23-30-28-13-7-5-11-26(28)27-12-6-8-14-29(27)30/h5-8,11-18,30H,9-10,19-23H2,1-4H3,(H,34,37)(H,35,38). The molecule has 2 amide bonds. The molecule has 2 N–H and O–H groups in total. The molecule has 7 heteroatoms. The number of hydrogen-bond donors (Lipinski definition) is 2. The summed E-state index contributed by atoms with van der Waals surface area (Å²) in [6, 6.07) is 24.9. The van der Waals surface area contributed by atoms with Gasteiger partial charge in [-0.1, -0.05) is 72.8 Å². The normalized spacial score (nSPS) is 12.5. The highest BCUT2D eigenvalue weighted by Gasteiger charge is 2.29. The minimum Gasteiger partial charge on any atom is -0.449 e. The molecule has 1 aliphatic carbocycles. The molecule has 0 unspecified atom stereocenters. The van der Waals surface area contributed by atoms with Crippen LogP contribution >= 0.6 is 0 Å². The van der Waals surface area contributed by atoms with Gasteiger partial charge in [0.15, 0.2) is 0 Å². The van der Waals surface area contributed by atoms with E-state index in [1.54, 1.807) is 0 Å². The van der Waals surface area contributed by atoms with Crippen molar-refractivity contribution in [1.29, 1.82) is 0 Å². The quantitative estimate of drug-likeness (QED) is 0.305. The molecule has 0 heterocycles. The summed E-state index contributed by atoms with van der Waals surface area (Å²) in [6.07, 6.45) is 1.19. The molecule has 4 rings (SSSR count). The van der Waals surface area contributed by atoms with Crippen LogP contribution in [0.5, 0.6) is 0 Å². The molecule has 7 nitrogen and oxygen atoms in total. The van der Waals surface area contributed by atoms with Crippen molar-refractivity contribution in [3.63, 3.8) is 0 Å². The number of amides is 2. The van der Waals surface area contributed by atoms with Gasteiger partial charge in [-0.05, 0) is 80.6 Å². The number of aryl methyl sites for hydroxylation is 1. The molecule has 0 saturated carbocycles. The van der Waals surface area contributed by atoms with Gasteiger partial charge in [-0.25, -0.2) is 9.59 Å². The Bertz CT molecular complexity index is 1240. The first-order chi connectivity index (χ1) is 19.2. The first-order valence-corrected chi connectivity index (χ1v) is 14.0. The summed E-state index contributed by atoms with van der Waals surface area (Å²) in [5, 5.41) is 5.67. The number of carbonyl (C=O) groups is 2. The molecule has 0 radical (unpaired) electrons. The van der Waals surface area contributed by atoms with E-state index in [1.165, 1.54) is 27.8 Å². The predicted molar refractivity (Wildman–Crippen MR) is 158 cm³/mol. The van der Waals surface area contributed by atoms with E-state index in [2.05, 4.69) is 59.0 Å². The van der Waals surface area contributed by atoms with Crippen LogP contribution in [0, 0.1) is 0 Å². The second kappa shape index (κ2) is 13.5. The summed E-state index contributed by atoms with van der Waals surface area (Å²) in [7, 11) is 2.06. The maximum atomic E-state index is 12.4. The van der Waals surface area contributed by atoms with Gasteiger partial charge >= 0.3 is 12.2 Å². The van der Waals surface area contributed by atoms with Crippen LogP contribution in [0.25, 0.3) is 11.1 Å². The van der Waals surface area contributed by atoms with Crippen molar-refractivity contribution >= 4 is 12.2 Å². The third kappa shape index (κ3) is 8.33. The van der Waals surface area contributed by atoms with Gasteiger partial charge in [-0.3, -0.25) is 0 Å². The molecule has 40 heavy (non-hydrogen) atoms. The highest BCUT2D eigenvalue weighted by molar-refractivity contribution is 5.79. The minimum atomic E-state index is -0.503. The lowest BCUT2D eigenvalue weighted by molar-refractivity contribution is 0.0523. The van der Waals surface area contributed by atoms with E-state index in [4.69, 9.17) is 9.47 Å². The van der Waals surface area contributed by atoms with E-state index in [0.29, 0.717) is 19.7 Å². The smallest absolute Gasteiger partial charge is 0.407 e. The highest BCUT2D eigenvalue weighted by atomic mass is 16.6. The number of likely N-dealkylation sites (N-methyl/N-ethyl adjacent to an activating group) is 1. The number of nitrogens with zero attached hydrogens (tertiary/aromatic N) is 1. The van der Waals surface area contributed by atoms with Crippen molar-refractivity contribution in [1.82, 2.24) is 15.5 Å². The summed E-state index contributed by atoms with van der Waals surface area (Å²) in [4.78, 5) is 26.4. The van der Waals surface area contributed by atoms with Crippen molar-refractivity contribution < 1.29 is 19.1 Å². The molecule has 0 saturated heterocycles. The van der Waals surface area contributed by atoms with E-state index in [0.717, 1.165) is 31.5 Å². The maximum Gasteiger partial charge on any atom is 0.407 e. The molecule has 0 spiro atoms. The molecule has 1 aliphatic rings. The first kappa shape index (κ1) is 29.2. The van der Waals surface area contributed by atoms with Crippen LogP contribution in [-0.2, 0) is 22.4 Å². The van der Waals surface area contributed by atoms with E-state index < -0.39 is 11.7 Å². The molecular weight excluding hydrogens is 502 g/mol. The number of hydrogen-bond acceptors (Lipinski definition) is 5. The third-order valence-electron chi connectivity index (χ3n) is 6.97. The Balaban J connectivity index is 1.10. The molecule has 212 valence electrons. The molecule has 0 atom stereocenters. The lowest BCUT2D eigenvalue weighted by Crippen LogP contribution is -2.34. The number of alkyl carbamates (subject to hydrolysis) is 2. The fraction of sp³-hybridized carbons (Fsp3) is 0.394. The predicted octanol–water partition coefficient (Wildman–Crippen LogP) is 6.11. The average molecular weight is 544 g/mol. The Morgan fingerprint density at radius 3 is 2.02 bits per heavy atom. The second-order valence-corrected chi connectivity index (χ2v) is 11.3. The zero-order chi connectivity index (χ0) is 28.5. The summed E-state index contributed by atoms with van der Waals surface area (Å²) in [5.41, 5.74) is 6.65. The van der Waals surface area contributed by atoms with Crippen LogP contribution in [0.2, 0.25) is 0 Å². The Morgan fingerprint density at radius 2 is 1.40 bits per heavy atom. The average Bonchev–Trinajstić information content (AvgIpc) is 3.24. The lowest BCUT2D eigenvalue weighted by atomic mass is 9.98. The van der Waals surface area contributed by atoms with Crippen molar-refractivity contribution in [2.45, 2.75) is 51.7 Å². The molecule has 0 bridgehead atoms. The fourth-order valence-electron chi connectivity index (χ4n) is 4.98. The van der Waals surface area contributed by atoms with Gasteiger partial charge < -0.3 is 25.0 Å². The Hall–Kier alpha value is -3.84. The summed E-state index contributed by atoms with van der Waals surface area (Å²) < 4.78 is 10.9. The van der Waals surface area contributed by atoms with Gasteiger partial charge in [0.2, 0.25) is 0 Å². The highest BCUT2D eigenvalue weighted by Crippen LogP contribution is 2.44. The van der Waals surface area contributed by atoms with Crippen molar-refractivity contribution in [2.75, 3.05) is 33.3 Å². The van der Waals surface area contributed by atoms with Gasteiger partial charge in [0.05, 0.1) is 0 Å². The molecule has 3 aromatic rings. The van der Waals surface area contributed by atoms with Crippen LogP contribution in [0.3, 0.4) is 0 Å². The van der Waals surface area contributed by atoms with Crippen LogP contribution in [-0.4, -0.2) is 56.0 Å². The van der Waals surface area contributed by atoms with Gasteiger partial charge in [-0.15, -0.1) is 0 Å². The number of ether oxygens (including phenoxy) is 2. The Morgan fingerprint density at radius 1 is 0.800 bits per heavy atom. The lowest BCUT2D eigenvalue weighted by Gasteiger charge is -2.19. The van der Waals surface area contributed by atoms with E-state index in [9.17, 15) is 9.59 Å². The number of rotatable bonds is 11. The largest absolute Gasteiger partial charge is 0.449 e. The second-order valence-electron chi connectivity index (χ2n) is 11.3. The first-order valence-electron chi connectivity index (χ1n) is 14.0. The Kier molecular flexibility index (Phi) is 9.83. The number of fused-ring (bicyclic) bond motifs is 3.